The lowest BCUT2D eigenvalue weighted by molar-refractivity contribution is -0.111. The summed E-state index contributed by atoms with van der Waals surface area (Å²) < 4.78 is 0. The molecule has 2 aliphatic rings. The van der Waals surface area contributed by atoms with Crippen molar-refractivity contribution in [2.24, 2.45) is 11.1 Å². The predicted octanol–water partition coefficient (Wildman–Crippen LogP) is 1.13. The summed E-state index contributed by atoms with van der Waals surface area (Å²) in [5.74, 6) is 0.381. The van der Waals surface area contributed by atoms with Gasteiger partial charge in [-0.25, -0.2) is 0 Å². The van der Waals surface area contributed by atoms with Crippen LogP contribution in [0, 0.1) is 5.92 Å². The molecule has 0 amide bonds. The van der Waals surface area contributed by atoms with Gasteiger partial charge in [0.1, 0.15) is 11.8 Å². The molecule has 1 fully saturated rings. The van der Waals surface area contributed by atoms with Gasteiger partial charge in [0.15, 0.2) is 5.78 Å². The van der Waals surface area contributed by atoms with Crippen LogP contribution in [0.4, 0.5) is 0 Å². The SMILES string of the molecule is CC(=O)C1=NOC2CCCC12. The van der Waals surface area contributed by atoms with Gasteiger partial charge in [0.25, 0.3) is 0 Å². The van der Waals surface area contributed by atoms with Gasteiger partial charge in [0.2, 0.25) is 0 Å². The van der Waals surface area contributed by atoms with Crippen LogP contribution in [-0.4, -0.2) is 17.6 Å². The Bertz CT molecular complexity index is 222. The third kappa shape index (κ3) is 0.951. The lowest BCUT2D eigenvalue weighted by Crippen LogP contribution is -2.22. The van der Waals surface area contributed by atoms with Gasteiger partial charge < -0.3 is 4.84 Å². The first kappa shape index (κ1) is 6.83. The zero-order valence-corrected chi connectivity index (χ0v) is 6.54. The summed E-state index contributed by atoms with van der Waals surface area (Å²) in [6, 6.07) is 0. The van der Waals surface area contributed by atoms with E-state index in [-0.39, 0.29) is 11.9 Å². The van der Waals surface area contributed by atoms with Crippen molar-refractivity contribution in [1.29, 1.82) is 0 Å². The molecule has 0 aromatic heterocycles. The lowest BCUT2D eigenvalue weighted by Gasteiger charge is -2.05. The van der Waals surface area contributed by atoms with Crippen LogP contribution in [0.2, 0.25) is 0 Å². The van der Waals surface area contributed by atoms with Crippen LogP contribution < -0.4 is 0 Å². The van der Waals surface area contributed by atoms with Gasteiger partial charge in [-0.05, 0) is 19.3 Å². The van der Waals surface area contributed by atoms with Gasteiger partial charge in [0.05, 0.1) is 0 Å². The number of carbonyl (C=O) groups excluding carboxylic acids is 1. The Kier molecular flexibility index (Phi) is 1.44. The first-order chi connectivity index (χ1) is 5.29. The Morgan fingerprint density at radius 3 is 3.18 bits per heavy atom. The van der Waals surface area contributed by atoms with Gasteiger partial charge in [-0.1, -0.05) is 5.16 Å². The highest BCUT2D eigenvalue weighted by atomic mass is 16.6. The Morgan fingerprint density at radius 2 is 2.45 bits per heavy atom. The maximum atomic E-state index is 11.0. The van der Waals surface area contributed by atoms with E-state index < -0.39 is 0 Å². The van der Waals surface area contributed by atoms with Gasteiger partial charge >= 0.3 is 0 Å². The van der Waals surface area contributed by atoms with E-state index in [1.165, 1.54) is 6.42 Å². The molecule has 3 nitrogen and oxygen atoms in total. The summed E-state index contributed by atoms with van der Waals surface area (Å²) in [5, 5.41) is 3.79. The monoisotopic (exact) mass is 153 g/mol. The summed E-state index contributed by atoms with van der Waals surface area (Å²) >= 11 is 0. The van der Waals surface area contributed by atoms with E-state index in [1.54, 1.807) is 6.92 Å². The Balaban J connectivity index is 2.18. The van der Waals surface area contributed by atoms with Crippen molar-refractivity contribution in [2.75, 3.05) is 0 Å². The standard InChI is InChI=1S/C8H11NO2/c1-5(10)8-6-3-2-4-7(6)11-9-8/h6-7H,2-4H2,1H3. The summed E-state index contributed by atoms with van der Waals surface area (Å²) in [6.07, 6.45) is 3.52. The molecule has 1 aliphatic heterocycles. The third-order valence-electron chi connectivity index (χ3n) is 2.45. The average Bonchev–Trinajstić information content (AvgIpc) is 2.41. The van der Waals surface area contributed by atoms with Gasteiger partial charge in [0, 0.05) is 12.8 Å². The molecule has 2 unspecified atom stereocenters. The van der Waals surface area contributed by atoms with E-state index in [9.17, 15) is 4.79 Å². The van der Waals surface area contributed by atoms with Crippen molar-refractivity contribution in [3.8, 4) is 0 Å². The number of Topliss-reactive ketones (excluding diaryl/α,β-unsaturated/α-hetero) is 1. The topological polar surface area (TPSA) is 38.7 Å². The number of hydrogen-bond donors (Lipinski definition) is 0. The van der Waals surface area contributed by atoms with Crippen molar-refractivity contribution < 1.29 is 9.63 Å². The Labute approximate surface area is 65.4 Å². The fourth-order valence-electron chi connectivity index (χ4n) is 1.88. The minimum absolute atomic E-state index is 0.0689. The molecule has 0 N–H and O–H groups in total. The summed E-state index contributed by atoms with van der Waals surface area (Å²) in [4.78, 5) is 16.1. The summed E-state index contributed by atoms with van der Waals surface area (Å²) in [5.41, 5.74) is 0.660. The molecule has 0 aromatic rings. The zero-order chi connectivity index (χ0) is 7.84. The second kappa shape index (κ2) is 2.32. The van der Waals surface area contributed by atoms with Crippen LogP contribution in [0.3, 0.4) is 0 Å². The Morgan fingerprint density at radius 1 is 1.64 bits per heavy atom. The molecule has 0 spiro atoms. The van der Waals surface area contributed by atoms with Crippen molar-refractivity contribution in [3.63, 3.8) is 0 Å². The van der Waals surface area contributed by atoms with Gasteiger partial charge in [-0.15, -0.1) is 0 Å². The van der Waals surface area contributed by atoms with E-state index in [0.29, 0.717) is 11.6 Å². The smallest absolute Gasteiger partial charge is 0.177 e. The van der Waals surface area contributed by atoms with Crippen LogP contribution in [0.1, 0.15) is 26.2 Å². The van der Waals surface area contributed by atoms with Crippen LogP contribution >= 0.6 is 0 Å². The number of ketones is 1. The van der Waals surface area contributed by atoms with Crippen LogP contribution in [0.15, 0.2) is 5.16 Å². The number of fused-ring (bicyclic) bond motifs is 1. The highest BCUT2D eigenvalue weighted by Gasteiger charge is 2.39. The lowest BCUT2D eigenvalue weighted by atomic mass is 9.98. The molecule has 11 heavy (non-hydrogen) atoms. The highest BCUT2D eigenvalue weighted by molar-refractivity contribution is 6.40. The molecular formula is C8H11NO2. The maximum Gasteiger partial charge on any atom is 0.177 e. The molecule has 2 rings (SSSR count). The largest absolute Gasteiger partial charge is 0.391 e. The predicted molar refractivity (Wildman–Crippen MR) is 40.3 cm³/mol. The second-order valence-corrected chi connectivity index (χ2v) is 3.21. The molecule has 0 aromatic carbocycles. The first-order valence-electron chi connectivity index (χ1n) is 4.03. The number of carbonyl (C=O) groups is 1. The van der Waals surface area contributed by atoms with Crippen LogP contribution in [0.5, 0.6) is 0 Å². The molecule has 0 saturated heterocycles. The molecular weight excluding hydrogens is 142 g/mol. The van der Waals surface area contributed by atoms with Crippen molar-refractivity contribution in [3.05, 3.63) is 0 Å². The minimum atomic E-state index is 0.0689. The fraction of sp³-hybridized carbons (Fsp3) is 0.750. The zero-order valence-electron chi connectivity index (χ0n) is 6.54. The average molecular weight is 153 g/mol. The summed E-state index contributed by atoms with van der Waals surface area (Å²) in [6.45, 7) is 1.56. The number of oxime groups is 1. The fourth-order valence-corrected chi connectivity index (χ4v) is 1.88. The third-order valence-corrected chi connectivity index (χ3v) is 2.45. The van der Waals surface area contributed by atoms with Crippen molar-refractivity contribution in [2.45, 2.75) is 32.3 Å². The van der Waals surface area contributed by atoms with Gasteiger partial charge in [-0.2, -0.15) is 0 Å². The molecule has 0 bridgehead atoms. The molecule has 1 saturated carbocycles. The number of rotatable bonds is 1. The number of nitrogens with zero attached hydrogens (tertiary/aromatic N) is 1. The summed E-state index contributed by atoms with van der Waals surface area (Å²) in [7, 11) is 0. The second-order valence-electron chi connectivity index (χ2n) is 3.21. The van der Waals surface area contributed by atoms with Crippen molar-refractivity contribution in [1.82, 2.24) is 0 Å². The maximum absolute atomic E-state index is 11.0. The molecule has 1 heterocycles. The van der Waals surface area contributed by atoms with E-state index in [0.717, 1.165) is 12.8 Å². The van der Waals surface area contributed by atoms with Crippen molar-refractivity contribution >= 4 is 11.5 Å². The minimum Gasteiger partial charge on any atom is -0.391 e. The van der Waals surface area contributed by atoms with E-state index in [1.807, 2.05) is 0 Å². The normalized spacial score (nSPS) is 34.5. The molecule has 60 valence electrons. The van der Waals surface area contributed by atoms with E-state index in [2.05, 4.69) is 5.16 Å². The molecule has 0 radical (unpaired) electrons. The number of hydrogen-bond acceptors (Lipinski definition) is 3. The molecule has 2 atom stereocenters. The first-order valence-corrected chi connectivity index (χ1v) is 4.03. The molecule has 3 heteroatoms. The Hall–Kier alpha value is -0.860. The van der Waals surface area contributed by atoms with Crippen LogP contribution in [0.25, 0.3) is 0 Å². The van der Waals surface area contributed by atoms with Gasteiger partial charge in [-0.3, -0.25) is 4.79 Å². The van der Waals surface area contributed by atoms with E-state index >= 15 is 0 Å². The quantitative estimate of drug-likeness (QED) is 0.566. The molecule has 1 aliphatic carbocycles. The van der Waals surface area contributed by atoms with Crippen LogP contribution in [-0.2, 0) is 9.63 Å². The highest BCUT2D eigenvalue weighted by Crippen LogP contribution is 2.33. The van der Waals surface area contributed by atoms with E-state index in [4.69, 9.17) is 4.84 Å².